The number of carbonyl (C=O) groups is 1. The molecule has 1 aromatic carbocycles. The van der Waals surface area contributed by atoms with E-state index >= 15 is 0 Å². The highest BCUT2D eigenvalue weighted by molar-refractivity contribution is 7.18. The maximum absolute atomic E-state index is 12.4. The van der Waals surface area contributed by atoms with Gasteiger partial charge in [-0.05, 0) is 31.9 Å². The molecule has 0 N–H and O–H groups in total. The van der Waals surface area contributed by atoms with Gasteiger partial charge in [0.05, 0.1) is 16.8 Å². The van der Waals surface area contributed by atoms with E-state index in [-0.39, 0.29) is 5.97 Å². The van der Waals surface area contributed by atoms with Gasteiger partial charge in [0.15, 0.2) is 0 Å². The first-order chi connectivity index (χ1) is 9.26. The van der Waals surface area contributed by atoms with Gasteiger partial charge in [-0.25, -0.2) is 4.98 Å². The van der Waals surface area contributed by atoms with Crippen LogP contribution in [0.15, 0.2) is 24.3 Å². The van der Waals surface area contributed by atoms with Gasteiger partial charge >= 0.3 is 5.97 Å². The number of para-hydroxylation sites is 1. The fourth-order valence-electron chi connectivity index (χ4n) is 2.83. The Morgan fingerprint density at radius 2 is 2.11 bits per heavy atom. The van der Waals surface area contributed by atoms with Gasteiger partial charge in [-0.2, -0.15) is 0 Å². The van der Waals surface area contributed by atoms with Crippen molar-refractivity contribution < 1.29 is 9.53 Å². The largest absolute Gasteiger partial charge is 0.465 e. The third kappa shape index (κ3) is 2.04. The average molecular weight is 275 g/mol. The molecule has 0 radical (unpaired) electrons. The summed E-state index contributed by atoms with van der Waals surface area (Å²) >= 11 is 1.64. The van der Waals surface area contributed by atoms with E-state index in [4.69, 9.17) is 4.74 Å². The van der Waals surface area contributed by atoms with Crippen molar-refractivity contribution in [2.75, 3.05) is 6.61 Å². The molecule has 1 fully saturated rings. The molecule has 3 nitrogen and oxygen atoms in total. The molecular weight excluding hydrogens is 258 g/mol. The predicted octanol–water partition coefficient (Wildman–Crippen LogP) is 3.67. The molecule has 1 aliphatic carbocycles. The average Bonchev–Trinajstić information content (AvgIpc) is 3.06. The first-order valence-corrected chi connectivity index (χ1v) is 7.61. The number of aromatic nitrogens is 1. The number of nitrogens with zero attached hydrogens (tertiary/aromatic N) is 1. The van der Waals surface area contributed by atoms with Crippen LogP contribution in [0, 0.1) is 0 Å². The monoisotopic (exact) mass is 275 g/mol. The van der Waals surface area contributed by atoms with E-state index < -0.39 is 5.41 Å². The van der Waals surface area contributed by atoms with Gasteiger partial charge in [0.25, 0.3) is 0 Å². The molecule has 19 heavy (non-hydrogen) atoms. The van der Waals surface area contributed by atoms with Crippen molar-refractivity contribution in [2.45, 2.75) is 38.0 Å². The Balaban J connectivity index is 2.06. The van der Waals surface area contributed by atoms with E-state index in [0.717, 1.165) is 40.9 Å². The molecule has 3 rings (SSSR count). The SMILES string of the molecule is CCOC(=O)C1(c2nc3ccccc3s2)CCCC1. The van der Waals surface area contributed by atoms with Crippen LogP contribution >= 0.6 is 11.3 Å². The minimum absolute atomic E-state index is 0.0912. The summed E-state index contributed by atoms with van der Waals surface area (Å²) in [6.07, 6.45) is 3.89. The standard InChI is InChI=1S/C15H17NO2S/c1-2-18-14(17)15(9-5-6-10-15)13-16-11-7-3-4-8-12(11)19-13/h3-4,7-8H,2,5-6,9-10H2,1H3. The second-order valence-electron chi connectivity index (χ2n) is 5.00. The molecule has 1 heterocycles. The topological polar surface area (TPSA) is 39.2 Å². The summed E-state index contributed by atoms with van der Waals surface area (Å²) in [5, 5.41) is 0.935. The Morgan fingerprint density at radius 1 is 1.37 bits per heavy atom. The van der Waals surface area contributed by atoms with Crippen molar-refractivity contribution in [3.63, 3.8) is 0 Å². The lowest BCUT2D eigenvalue weighted by Gasteiger charge is -2.23. The zero-order valence-electron chi connectivity index (χ0n) is 11.0. The minimum Gasteiger partial charge on any atom is -0.465 e. The van der Waals surface area contributed by atoms with Gasteiger partial charge in [0, 0.05) is 0 Å². The predicted molar refractivity (Wildman–Crippen MR) is 76.4 cm³/mol. The Bertz CT molecular complexity index is 566. The number of thiazole rings is 1. The highest BCUT2D eigenvalue weighted by Gasteiger charge is 2.46. The third-order valence-corrected chi connectivity index (χ3v) is 5.07. The normalized spacial score (nSPS) is 17.7. The first kappa shape index (κ1) is 12.6. The third-order valence-electron chi connectivity index (χ3n) is 3.83. The number of hydrogen-bond acceptors (Lipinski definition) is 4. The molecule has 1 aliphatic rings. The summed E-state index contributed by atoms with van der Waals surface area (Å²) in [6.45, 7) is 2.30. The summed E-state index contributed by atoms with van der Waals surface area (Å²) in [5.74, 6) is -0.0912. The van der Waals surface area contributed by atoms with Crippen LogP contribution in [0.1, 0.15) is 37.6 Å². The highest BCUT2D eigenvalue weighted by Crippen LogP contribution is 2.44. The molecule has 100 valence electrons. The van der Waals surface area contributed by atoms with Crippen LogP contribution in [0.2, 0.25) is 0 Å². The molecule has 2 aromatic rings. The van der Waals surface area contributed by atoms with E-state index in [1.165, 1.54) is 0 Å². The molecular formula is C15H17NO2S. The van der Waals surface area contributed by atoms with Gasteiger partial charge in [-0.3, -0.25) is 4.79 Å². The first-order valence-electron chi connectivity index (χ1n) is 6.79. The Labute approximate surface area is 116 Å². The highest BCUT2D eigenvalue weighted by atomic mass is 32.1. The summed E-state index contributed by atoms with van der Waals surface area (Å²) in [5.41, 5.74) is 0.498. The van der Waals surface area contributed by atoms with Crippen molar-refractivity contribution >= 4 is 27.5 Å². The van der Waals surface area contributed by atoms with Gasteiger partial charge in [-0.15, -0.1) is 11.3 Å². The number of benzene rings is 1. The van der Waals surface area contributed by atoms with Crippen LogP contribution < -0.4 is 0 Å². The summed E-state index contributed by atoms with van der Waals surface area (Å²) < 4.78 is 6.45. The van der Waals surface area contributed by atoms with Crippen molar-refractivity contribution in [2.24, 2.45) is 0 Å². The molecule has 0 aliphatic heterocycles. The molecule has 0 unspecified atom stereocenters. The maximum atomic E-state index is 12.4. The lowest BCUT2D eigenvalue weighted by atomic mass is 9.87. The number of fused-ring (bicyclic) bond motifs is 1. The zero-order valence-corrected chi connectivity index (χ0v) is 11.8. The van der Waals surface area contributed by atoms with Crippen LogP contribution in [0.5, 0.6) is 0 Å². The van der Waals surface area contributed by atoms with Crippen LogP contribution in [0.4, 0.5) is 0 Å². The van der Waals surface area contributed by atoms with E-state index in [0.29, 0.717) is 6.61 Å². The Hall–Kier alpha value is -1.42. The van der Waals surface area contributed by atoms with Gasteiger partial charge in [0.2, 0.25) is 0 Å². The summed E-state index contributed by atoms with van der Waals surface area (Å²) in [6, 6.07) is 8.06. The lowest BCUT2D eigenvalue weighted by Crippen LogP contribution is -2.34. The fraction of sp³-hybridized carbons (Fsp3) is 0.467. The van der Waals surface area contributed by atoms with E-state index in [1.54, 1.807) is 11.3 Å². The number of carbonyl (C=O) groups excluding carboxylic acids is 1. The Morgan fingerprint density at radius 3 is 2.79 bits per heavy atom. The van der Waals surface area contributed by atoms with E-state index in [9.17, 15) is 4.79 Å². The number of rotatable bonds is 3. The van der Waals surface area contributed by atoms with Crippen LogP contribution in [0.3, 0.4) is 0 Å². The molecule has 1 saturated carbocycles. The van der Waals surface area contributed by atoms with E-state index in [1.807, 2.05) is 25.1 Å². The molecule has 4 heteroatoms. The fourth-order valence-corrected chi connectivity index (χ4v) is 4.03. The smallest absolute Gasteiger partial charge is 0.319 e. The molecule has 0 amide bonds. The second kappa shape index (κ2) is 4.93. The van der Waals surface area contributed by atoms with Crippen LogP contribution in [-0.4, -0.2) is 17.6 Å². The van der Waals surface area contributed by atoms with Crippen molar-refractivity contribution in [1.29, 1.82) is 0 Å². The van der Waals surface area contributed by atoms with Crippen molar-refractivity contribution in [1.82, 2.24) is 4.98 Å². The van der Waals surface area contributed by atoms with Gasteiger partial charge < -0.3 is 4.74 Å². The lowest BCUT2D eigenvalue weighted by molar-refractivity contribution is -0.150. The number of ether oxygens (including phenoxy) is 1. The molecule has 0 spiro atoms. The number of esters is 1. The summed E-state index contributed by atoms with van der Waals surface area (Å²) in [4.78, 5) is 17.1. The Kier molecular flexibility index (Phi) is 3.27. The molecule has 0 saturated heterocycles. The minimum atomic E-state index is -0.486. The molecule has 0 bridgehead atoms. The summed E-state index contributed by atoms with van der Waals surface area (Å²) in [7, 11) is 0. The van der Waals surface area contributed by atoms with Crippen molar-refractivity contribution in [3.8, 4) is 0 Å². The van der Waals surface area contributed by atoms with Gasteiger partial charge in [0.1, 0.15) is 10.4 Å². The zero-order chi connectivity index (χ0) is 13.3. The van der Waals surface area contributed by atoms with Crippen molar-refractivity contribution in [3.05, 3.63) is 29.3 Å². The molecule has 0 atom stereocenters. The van der Waals surface area contributed by atoms with Crippen LogP contribution in [0.25, 0.3) is 10.2 Å². The van der Waals surface area contributed by atoms with Crippen LogP contribution in [-0.2, 0) is 14.9 Å². The quantitative estimate of drug-likeness (QED) is 0.802. The van der Waals surface area contributed by atoms with E-state index in [2.05, 4.69) is 11.1 Å². The second-order valence-corrected chi connectivity index (χ2v) is 6.03. The maximum Gasteiger partial charge on any atom is 0.319 e. The number of hydrogen-bond donors (Lipinski definition) is 0. The van der Waals surface area contributed by atoms with Gasteiger partial charge in [-0.1, -0.05) is 25.0 Å². The molecule has 1 aromatic heterocycles.